The van der Waals surface area contributed by atoms with E-state index in [2.05, 4.69) is 0 Å². The van der Waals surface area contributed by atoms with Crippen LogP contribution in [0, 0.1) is 56.2 Å². The van der Waals surface area contributed by atoms with Gasteiger partial charge in [-0.1, -0.05) is 0 Å². The zero-order valence-electron chi connectivity index (χ0n) is 9.03. The molecule has 1 N–H and O–H groups in total. The summed E-state index contributed by atoms with van der Waals surface area (Å²) in [7, 11) is 0. The fourth-order valence-electron chi connectivity index (χ4n) is 2.04. The molecule has 0 radical (unpaired) electrons. The number of carbonyl (C=O) groups excluding carboxylic acids is 1. The normalized spacial score (nSPS) is 31.2. The third kappa shape index (κ3) is 1.21. The summed E-state index contributed by atoms with van der Waals surface area (Å²) in [5.74, 6) is -1.40. The van der Waals surface area contributed by atoms with Gasteiger partial charge in [0.25, 0.3) is 0 Å². The van der Waals surface area contributed by atoms with Gasteiger partial charge in [0.1, 0.15) is 11.7 Å². The van der Waals surface area contributed by atoms with E-state index in [0.717, 1.165) is 0 Å². The minimum atomic E-state index is -1.56. The topological polar surface area (TPSA) is 112 Å². The van der Waals surface area contributed by atoms with Gasteiger partial charge in [0.2, 0.25) is 0 Å². The highest BCUT2D eigenvalue weighted by Crippen LogP contribution is 2.50. The van der Waals surface area contributed by atoms with Crippen LogP contribution in [0.3, 0.4) is 0 Å². The minimum Gasteiger partial charge on any atom is -0.307 e. The Morgan fingerprint density at radius 3 is 2.19 bits per heavy atom. The van der Waals surface area contributed by atoms with Crippen molar-refractivity contribution in [1.29, 1.82) is 21.2 Å². The van der Waals surface area contributed by atoms with Crippen molar-refractivity contribution >= 4 is 11.5 Å². The molecule has 1 fully saturated rings. The Kier molecular flexibility index (Phi) is 2.55. The average Bonchev–Trinajstić information content (AvgIpc) is 2.49. The highest BCUT2D eigenvalue weighted by molar-refractivity contribution is 6.11. The first kappa shape index (κ1) is 11.9. The van der Waals surface area contributed by atoms with E-state index in [0.29, 0.717) is 0 Å². The van der Waals surface area contributed by atoms with Crippen molar-refractivity contribution in [1.82, 2.24) is 0 Å². The lowest BCUT2D eigenvalue weighted by Gasteiger charge is -2.20. The molecule has 1 aliphatic rings. The summed E-state index contributed by atoms with van der Waals surface area (Å²) in [6.07, 6.45) is -0.0700. The first-order valence-electron chi connectivity index (χ1n) is 4.70. The zero-order valence-corrected chi connectivity index (χ0v) is 9.03. The number of nitrogens with zero attached hydrogens (tertiary/aromatic N) is 3. The lowest BCUT2D eigenvalue weighted by atomic mass is 9.79. The molecule has 1 aliphatic carbocycles. The Morgan fingerprint density at radius 2 is 1.94 bits per heavy atom. The molecule has 16 heavy (non-hydrogen) atoms. The average molecular weight is 214 g/mol. The lowest BCUT2D eigenvalue weighted by Crippen LogP contribution is -2.31. The molecule has 80 valence electrons. The quantitative estimate of drug-likeness (QED) is 0.705. The second-order valence-electron chi connectivity index (χ2n) is 4.24. The largest absolute Gasteiger partial charge is 0.307 e. The van der Waals surface area contributed by atoms with Crippen LogP contribution in [0.25, 0.3) is 0 Å². The van der Waals surface area contributed by atoms with Crippen LogP contribution in [0.15, 0.2) is 0 Å². The van der Waals surface area contributed by atoms with Crippen LogP contribution in [0.5, 0.6) is 0 Å². The first-order chi connectivity index (χ1) is 7.38. The summed E-state index contributed by atoms with van der Waals surface area (Å²) < 4.78 is 0. The van der Waals surface area contributed by atoms with E-state index in [1.165, 1.54) is 13.8 Å². The molecule has 0 spiro atoms. The van der Waals surface area contributed by atoms with E-state index in [4.69, 9.17) is 21.2 Å². The van der Waals surface area contributed by atoms with Gasteiger partial charge in [0, 0.05) is 5.71 Å². The number of Topliss-reactive ketones (excluding diaryl/α,β-unsaturated/α-hetero) is 1. The maximum Gasteiger partial charge on any atom is 0.166 e. The molecule has 0 bridgehead atoms. The zero-order chi connectivity index (χ0) is 12.6. The Bertz CT molecular complexity index is 474. The Labute approximate surface area is 93.4 Å². The molecule has 0 aromatic rings. The maximum atomic E-state index is 11.5. The van der Waals surface area contributed by atoms with E-state index in [1.54, 1.807) is 18.2 Å². The molecular weight excluding hydrogens is 204 g/mol. The van der Waals surface area contributed by atoms with Gasteiger partial charge in [-0.2, -0.15) is 15.8 Å². The summed E-state index contributed by atoms with van der Waals surface area (Å²) in [6.45, 7) is 2.83. The maximum absolute atomic E-state index is 11.5. The summed E-state index contributed by atoms with van der Waals surface area (Å²) in [5, 5.41) is 34.8. The van der Waals surface area contributed by atoms with Crippen LogP contribution in [0.4, 0.5) is 0 Å². The van der Waals surface area contributed by atoms with Crippen molar-refractivity contribution in [2.24, 2.45) is 16.7 Å². The van der Waals surface area contributed by atoms with E-state index in [-0.39, 0.29) is 17.9 Å². The summed E-state index contributed by atoms with van der Waals surface area (Å²) >= 11 is 0. The molecule has 0 aromatic heterocycles. The van der Waals surface area contributed by atoms with Crippen molar-refractivity contribution in [3.63, 3.8) is 0 Å². The molecule has 0 amide bonds. The lowest BCUT2D eigenvalue weighted by molar-refractivity contribution is -0.122. The van der Waals surface area contributed by atoms with Gasteiger partial charge in [-0.15, -0.1) is 0 Å². The summed E-state index contributed by atoms with van der Waals surface area (Å²) in [6, 6.07) is 5.38. The van der Waals surface area contributed by atoms with Gasteiger partial charge in [-0.3, -0.25) is 4.79 Å². The van der Waals surface area contributed by atoms with Crippen molar-refractivity contribution in [3.8, 4) is 18.2 Å². The molecule has 5 heteroatoms. The first-order valence-corrected chi connectivity index (χ1v) is 4.70. The monoisotopic (exact) mass is 214 g/mol. The molecule has 5 nitrogen and oxygen atoms in total. The van der Waals surface area contributed by atoms with Crippen LogP contribution in [0.1, 0.15) is 20.3 Å². The smallest absolute Gasteiger partial charge is 0.166 e. The Balaban J connectivity index is 3.41. The van der Waals surface area contributed by atoms with Crippen molar-refractivity contribution in [2.75, 3.05) is 0 Å². The van der Waals surface area contributed by atoms with Gasteiger partial charge >= 0.3 is 0 Å². The minimum absolute atomic E-state index is 0.0700. The van der Waals surface area contributed by atoms with Crippen LogP contribution >= 0.6 is 0 Å². The van der Waals surface area contributed by atoms with Gasteiger partial charge in [-0.05, 0) is 20.3 Å². The van der Waals surface area contributed by atoms with Crippen LogP contribution < -0.4 is 0 Å². The molecule has 1 rings (SSSR count). The molecule has 1 saturated carbocycles. The van der Waals surface area contributed by atoms with Gasteiger partial charge in [0.05, 0.1) is 23.6 Å². The van der Waals surface area contributed by atoms with Gasteiger partial charge in [0.15, 0.2) is 5.41 Å². The predicted octanol–water partition coefficient (Wildman–Crippen LogP) is 1.18. The SMILES string of the molecule is CC(=O)[C@]1(C)CC(C#N)(C#N)[C@H](C#N)C1=N. The summed E-state index contributed by atoms with van der Waals surface area (Å²) in [4.78, 5) is 11.5. The Morgan fingerprint density at radius 1 is 1.44 bits per heavy atom. The predicted molar refractivity (Wildman–Crippen MR) is 53.9 cm³/mol. The molecule has 0 heterocycles. The molecular formula is C11H10N4O. The van der Waals surface area contributed by atoms with Crippen molar-refractivity contribution in [3.05, 3.63) is 0 Å². The second kappa shape index (κ2) is 3.43. The van der Waals surface area contributed by atoms with Gasteiger partial charge < -0.3 is 5.41 Å². The number of hydrogen-bond acceptors (Lipinski definition) is 5. The fourth-order valence-corrected chi connectivity index (χ4v) is 2.04. The molecule has 0 aliphatic heterocycles. The highest BCUT2D eigenvalue weighted by atomic mass is 16.1. The van der Waals surface area contributed by atoms with Crippen LogP contribution in [-0.2, 0) is 4.79 Å². The third-order valence-electron chi connectivity index (χ3n) is 3.31. The van der Waals surface area contributed by atoms with E-state index in [9.17, 15) is 4.79 Å². The Hall–Kier alpha value is -2.19. The van der Waals surface area contributed by atoms with Crippen molar-refractivity contribution in [2.45, 2.75) is 20.3 Å². The molecule has 0 unspecified atom stereocenters. The standard InChI is InChI=1S/C11H10N4O/c1-7(16)10(2)4-11(5-13,6-14)8(3-12)9(10)15/h8,15H,4H2,1-2H3/t8-,10+/m1/s1. The second-order valence-corrected chi connectivity index (χ2v) is 4.24. The van der Waals surface area contributed by atoms with E-state index < -0.39 is 16.7 Å². The number of carbonyl (C=O) groups is 1. The van der Waals surface area contributed by atoms with Gasteiger partial charge in [-0.25, -0.2) is 0 Å². The number of nitriles is 3. The van der Waals surface area contributed by atoms with Crippen LogP contribution in [-0.4, -0.2) is 11.5 Å². The number of ketones is 1. The number of nitrogens with one attached hydrogen (secondary N) is 1. The molecule has 0 aromatic carbocycles. The number of hydrogen-bond donors (Lipinski definition) is 1. The third-order valence-corrected chi connectivity index (χ3v) is 3.31. The number of rotatable bonds is 1. The highest BCUT2D eigenvalue weighted by Gasteiger charge is 2.60. The van der Waals surface area contributed by atoms with Crippen LogP contribution in [0.2, 0.25) is 0 Å². The molecule has 0 saturated heterocycles. The van der Waals surface area contributed by atoms with E-state index in [1.807, 2.05) is 0 Å². The summed E-state index contributed by atoms with van der Waals surface area (Å²) in [5.41, 5.74) is -2.84. The fraction of sp³-hybridized carbons (Fsp3) is 0.545. The molecule has 2 atom stereocenters. The van der Waals surface area contributed by atoms with E-state index >= 15 is 0 Å². The van der Waals surface area contributed by atoms with Crippen molar-refractivity contribution < 1.29 is 4.79 Å².